The van der Waals surface area contributed by atoms with Gasteiger partial charge in [-0.25, -0.2) is 4.79 Å². The van der Waals surface area contributed by atoms with E-state index in [0.29, 0.717) is 6.54 Å². The van der Waals surface area contributed by atoms with Gasteiger partial charge < -0.3 is 15.5 Å². The van der Waals surface area contributed by atoms with Gasteiger partial charge in [0.1, 0.15) is 0 Å². The van der Waals surface area contributed by atoms with E-state index in [4.69, 9.17) is 0 Å². The molecule has 0 aromatic heterocycles. The first kappa shape index (κ1) is 18.3. The Morgan fingerprint density at radius 2 is 1.75 bits per heavy atom. The van der Waals surface area contributed by atoms with Crippen LogP contribution in [0.5, 0.6) is 0 Å². The third-order valence-corrected chi connectivity index (χ3v) is 4.48. The van der Waals surface area contributed by atoms with Gasteiger partial charge >= 0.3 is 6.03 Å². The van der Waals surface area contributed by atoms with Crippen molar-refractivity contribution in [1.29, 1.82) is 0 Å². The summed E-state index contributed by atoms with van der Waals surface area (Å²) in [4.78, 5) is 14.4. The predicted octanol–water partition coefficient (Wildman–Crippen LogP) is 4.93. The van der Waals surface area contributed by atoms with E-state index in [2.05, 4.69) is 51.4 Å². The Balaban J connectivity index is 1.95. The van der Waals surface area contributed by atoms with Crippen molar-refractivity contribution in [2.75, 3.05) is 23.3 Å². The summed E-state index contributed by atoms with van der Waals surface area (Å²) in [5.74, 6) is 0. The van der Waals surface area contributed by atoms with Crippen LogP contribution in [0.25, 0.3) is 0 Å². The highest BCUT2D eigenvalue weighted by molar-refractivity contribution is 9.10. The first-order valence-electron chi connectivity index (χ1n) is 8.18. The number of rotatable bonds is 6. The lowest BCUT2D eigenvalue weighted by molar-refractivity contribution is 0.251. The van der Waals surface area contributed by atoms with E-state index >= 15 is 0 Å². The number of amides is 2. The summed E-state index contributed by atoms with van der Waals surface area (Å²) in [6.07, 6.45) is 0. The van der Waals surface area contributed by atoms with Crippen LogP contribution in [0.3, 0.4) is 0 Å². The van der Waals surface area contributed by atoms with Gasteiger partial charge in [-0.3, -0.25) is 0 Å². The minimum atomic E-state index is -0.198. The second kappa shape index (κ2) is 8.73. The molecule has 0 aliphatic heterocycles. The highest BCUT2D eigenvalue weighted by atomic mass is 79.9. The molecule has 128 valence electrons. The molecule has 0 atom stereocenters. The predicted molar refractivity (Wildman–Crippen MR) is 105 cm³/mol. The molecule has 0 aliphatic carbocycles. The normalized spacial score (nSPS) is 10.3. The minimum absolute atomic E-state index is 0.198. The molecule has 0 fully saturated rings. The number of carbonyl (C=O) groups excluding carboxylic acids is 1. The molecule has 0 saturated carbocycles. The van der Waals surface area contributed by atoms with Crippen molar-refractivity contribution in [2.24, 2.45) is 0 Å². The van der Waals surface area contributed by atoms with E-state index in [1.807, 2.05) is 43.3 Å². The first-order chi connectivity index (χ1) is 11.5. The van der Waals surface area contributed by atoms with E-state index < -0.39 is 0 Å². The maximum absolute atomic E-state index is 12.1. The van der Waals surface area contributed by atoms with E-state index in [0.717, 1.165) is 34.4 Å². The van der Waals surface area contributed by atoms with Crippen LogP contribution in [0, 0.1) is 6.92 Å². The van der Waals surface area contributed by atoms with Crippen LogP contribution in [-0.4, -0.2) is 19.1 Å². The van der Waals surface area contributed by atoms with Gasteiger partial charge in [0.25, 0.3) is 0 Å². The van der Waals surface area contributed by atoms with Gasteiger partial charge in [0, 0.05) is 35.5 Å². The Bertz CT molecular complexity index is 682. The number of benzene rings is 2. The first-order valence-corrected chi connectivity index (χ1v) is 8.97. The Kier molecular flexibility index (Phi) is 6.67. The number of urea groups is 1. The smallest absolute Gasteiger partial charge is 0.319 e. The summed E-state index contributed by atoms with van der Waals surface area (Å²) in [6, 6.07) is 13.8. The van der Waals surface area contributed by atoms with Crippen molar-refractivity contribution < 1.29 is 4.79 Å². The zero-order valence-electron chi connectivity index (χ0n) is 14.4. The summed E-state index contributed by atoms with van der Waals surface area (Å²) in [5, 5.41) is 5.79. The molecule has 0 spiro atoms. The number of nitrogens with zero attached hydrogens (tertiary/aromatic N) is 1. The molecule has 0 aliphatic rings. The van der Waals surface area contributed by atoms with E-state index in [1.54, 1.807) is 0 Å². The third kappa shape index (κ3) is 4.99. The quantitative estimate of drug-likeness (QED) is 0.735. The van der Waals surface area contributed by atoms with Crippen LogP contribution < -0.4 is 15.5 Å². The summed E-state index contributed by atoms with van der Waals surface area (Å²) in [6.45, 7) is 8.72. The number of anilines is 2. The Labute approximate surface area is 152 Å². The largest absolute Gasteiger partial charge is 0.372 e. The zero-order chi connectivity index (χ0) is 17.5. The molecule has 0 saturated heterocycles. The van der Waals surface area contributed by atoms with Crippen LogP contribution in [-0.2, 0) is 6.54 Å². The maximum Gasteiger partial charge on any atom is 0.319 e. The molecule has 2 amide bonds. The molecular weight excluding hydrogens is 366 g/mol. The third-order valence-electron chi connectivity index (χ3n) is 3.95. The number of carbonyl (C=O) groups is 1. The Hall–Kier alpha value is -2.01. The fourth-order valence-electron chi connectivity index (χ4n) is 2.52. The molecule has 2 N–H and O–H groups in total. The lowest BCUT2D eigenvalue weighted by Gasteiger charge is -2.22. The zero-order valence-corrected chi connectivity index (χ0v) is 16.0. The lowest BCUT2D eigenvalue weighted by atomic mass is 10.1. The molecule has 5 heteroatoms. The maximum atomic E-state index is 12.1. The SMILES string of the molecule is CCN(CC)c1ccc(NC(=O)NCc2ccc(Br)cc2)c(C)c1. The Morgan fingerprint density at radius 3 is 2.33 bits per heavy atom. The van der Waals surface area contributed by atoms with Crippen molar-refractivity contribution in [3.05, 3.63) is 58.1 Å². The average molecular weight is 390 g/mol. The second-order valence-electron chi connectivity index (χ2n) is 5.61. The number of halogens is 1. The van der Waals surface area contributed by atoms with Gasteiger partial charge in [-0.15, -0.1) is 0 Å². The number of hydrogen-bond acceptors (Lipinski definition) is 2. The van der Waals surface area contributed by atoms with Crippen LogP contribution in [0.1, 0.15) is 25.0 Å². The molecule has 0 unspecified atom stereocenters. The van der Waals surface area contributed by atoms with E-state index in [-0.39, 0.29) is 6.03 Å². The van der Waals surface area contributed by atoms with E-state index in [1.165, 1.54) is 5.69 Å². The molecule has 2 rings (SSSR count). The highest BCUT2D eigenvalue weighted by Crippen LogP contribution is 2.22. The van der Waals surface area contributed by atoms with Crippen molar-refractivity contribution in [2.45, 2.75) is 27.3 Å². The topological polar surface area (TPSA) is 44.4 Å². The fourth-order valence-corrected chi connectivity index (χ4v) is 2.79. The number of hydrogen-bond donors (Lipinski definition) is 2. The highest BCUT2D eigenvalue weighted by Gasteiger charge is 2.07. The molecule has 0 heterocycles. The van der Waals surface area contributed by atoms with Gasteiger partial charge in [0.2, 0.25) is 0 Å². The van der Waals surface area contributed by atoms with Crippen LogP contribution >= 0.6 is 15.9 Å². The number of nitrogens with one attached hydrogen (secondary N) is 2. The second-order valence-corrected chi connectivity index (χ2v) is 6.52. The van der Waals surface area contributed by atoms with Crippen LogP contribution in [0.4, 0.5) is 16.2 Å². The van der Waals surface area contributed by atoms with Gasteiger partial charge in [0.15, 0.2) is 0 Å². The summed E-state index contributed by atoms with van der Waals surface area (Å²) >= 11 is 3.40. The van der Waals surface area contributed by atoms with Crippen molar-refractivity contribution in [3.63, 3.8) is 0 Å². The standard InChI is InChI=1S/C19H24BrN3O/c1-4-23(5-2)17-10-11-18(14(3)12-17)22-19(24)21-13-15-6-8-16(20)9-7-15/h6-12H,4-5,13H2,1-3H3,(H2,21,22,24). The molecule has 4 nitrogen and oxygen atoms in total. The summed E-state index contributed by atoms with van der Waals surface area (Å²) in [5.41, 5.74) is 4.12. The van der Waals surface area contributed by atoms with Gasteiger partial charge in [-0.2, -0.15) is 0 Å². The van der Waals surface area contributed by atoms with Crippen LogP contribution in [0.2, 0.25) is 0 Å². The van der Waals surface area contributed by atoms with Crippen molar-refractivity contribution >= 4 is 33.3 Å². The van der Waals surface area contributed by atoms with Gasteiger partial charge in [-0.1, -0.05) is 28.1 Å². The number of aryl methyl sites for hydroxylation is 1. The summed E-state index contributed by atoms with van der Waals surface area (Å²) in [7, 11) is 0. The molecule has 0 bridgehead atoms. The van der Waals surface area contributed by atoms with Gasteiger partial charge in [-0.05, 0) is 62.2 Å². The van der Waals surface area contributed by atoms with Gasteiger partial charge in [0.05, 0.1) is 0 Å². The minimum Gasteiger partial charge on any atom is -0.372 e. The molecule has 24 heavy (non-hydrogen) atoms. The van der Waals surface area contributed by atoms with E-state index in [9.17, 15) is 4.79 Å². The van der Waals surface area contributed by atoms with Crippen LogP contribution in [0.15, 0.2) is 46.9 Å². The van der Waals surface area contributed by atoms with Crippen molar-refractivity contribution in [3.8, 4) is 0 Å². The fraction of sp³-hybridized carbons (Fsp3) is 0.316. The molecular formula is C19H24BrN3O. The summed E-state index contributed by atoms with van der Waals surface area (Å²) < 4.78 is 1.03. The Morgan fingerprint density at radius 1 is 1.08 bits per heavy atom. The molecule has 2 aromatic rings. The molecule has 0 radical (unpaired) electrons. The monoisotopic (exact) mass is 389 g/mol. The van der Waals surface area contributed by atoms with Crippen molar-refractivity contribution in [1.82, 2.24) is 5.32 Å². The lowest BCUT2D eigenvalue weighted by Crippen LogP contribution is -2.28. The molecule has 2 aromatic carbocycles. The average Bonchev–Trinajstić information content (AvgIpc) is 2.58.